The van der Waals surface area contributed by atoms with Crippen LogP contribution in [0.1, 0.15) is 23.3 Å². The molecule has 8 nitrogen and oxygen atoms in total. The Morgan fingerprint density at radius 1 is 1.19 bits per heavy atom. The van der Waals surface area contributed by atoms with Crippen molar-refractivity contribution in [2.45, 2.75) is 25.1 Å². The van der Waals surface area contributed by atoms with Crippen LogP contribution in [0.15, 0.2) is 30.5 Å². The second-order valence-electron chi connectivity index (χ2n) is 7.21. The Kier molecular flexibility index (Phi) is 5.38. The molecule has 0 aromatic carbocycles. The molecule has 0 aliphatic carbocycles. The molecule has 1 atom stereocenters. The van der Waals surface area contributed by atoms with Crippen molar-refractivity contribution >= 4 is 29.3 Å². The van der Waals surface area contributed by atoms with Gasteiger partial charge in [-0.05, 0) is 30.7 Å². The lowest BCUT2D eigenvalue weighted by Gasteiger charge is -2.35. The molecule has 2 N–H and O–H groups in total. The fourth-order valence-electron chi connectivity index (χ4n) is 3.63. The number of aromatic nitrogens is 2. The first-order valence-electron chi connectivity index (χ1n) is 9.54. The monoisotopic (exact) mass is 438 g/mol. The predicted molar refractivity (Wildman–Crippen MR) is 104 cm³/mol. The van der Waals surface area contributed by atoms with Crippen LogP contribution in [-0.4, -0.2) is 53.8 Å². The summed E-state index contributed by atoms with van der Waals surface area (Å²) in [6.45, 7) is 0.696. The summed E-state index contributed by atoms with van der Waals surface area (Å²) in [5, 5.41) is 4.78. The molecular formula is C19H18F4N6O2. The lowest BCUT2D eigenvalue weighted by molar-refractivity contribution is -0.133. The van der Waals surface area contributed by atoms with Crippen LogP contribution in [0.25, 0.3) is 0 Å². The number of carbonyl (C=O) groups is 2. The van der Waals surface area contributed by atoms with Crippen molar-refractivity contribution in [3.8, 4) is 0 Å². The second-order valence-corrected chi connectivity index (χ2v) is 7.21. The molecule has 2 aromatic rings. The van der Waals surface area contributed by atoms with Crippen molar-refractivity contribution in [2.24, 2.45) is 0 Å². The van der Waals surface area contributed by atoms with E-state index in [2.05, 4.69) is 20.6 Å². The molecule has 1 saturated heterocycles. The highest BCUT2D eigenvalue weighted by atomic mass is 19.4. The summed E-state index contributed by atoms with van der Waals surface area (Å²) in [7, 11) is 0. The number of fused-ring (bicyclic) bond motifs is 4. The van der Waals surface area contributed by atoms with E-state index in [9.17, 15) is 27.2 Å². The largest absolute Gasteiger partial charge is 0.390 e. The molecule has 0 saturated carbocycles. The molecule has 0 unspecified atom stereocenters. The fraction of sp³-hybridized carbons (Fsp3) is 0.368. The van der Waals surface area contributed by atoms with Gasteiger partial charge in [-0.3, -0.25) is 15.0 Å². The fourth-order valence-corrected chi connectivity index (χ4v) is 3.63. The third-order valence-electron chi connectivity index (χ3n) is 5.06. The third kappa shape index (κ3) is 4.52. The molecular weight excluding hydrogens is 420 g/mol. The molecule has 2 aliphatic heterocycles. The summed E-state index contributed by atoms with van der Waals surface area (Å²) < 4.78 is 50.0. The number of anilines is 3. The maximum atomic E-state index is 13.1. The highest BCUT2D eigenvalue weighted by molar-refractivity contribution is 6.05. The van der Waals surface area contributed by atoms with Crippen molar-refractivity contribution in [3.63, 3.8) is 0 Å². The van der Waals surface area contributed by atoms with E-state index in [0.717, 1.165) is 12.3 Å². The molecule has 164 valence electrons. The topological polar surface area (TPSA) is 90.5 Å². The predicted octanol–water partition coefficient (Wildman–Crippen LogP) is 2.93. The number of urea groups is 1. The minimum absolute atomic E-state index is 0.0962. The lowest BCUT2D eigenvalue weighted by atomic mass is 10.1. The average molecular weight is 438 g/mol. The Labute approximate surface area is 174 Å². The van der Waals surface area contributed by atoms with Gasteiger partial charge < -0.3 is 10.2 Å². The normalized spacial score (nSPS) is 17.4. The van der Waals surface area contributed by atoms with Gasteiger partial charge in [0.2, 0.25) is 0 Å². The van der Waals surface area contributed by atoms with Gasteiger partial charge in [-0.2, -0.15) is 13.2 Å². The van der Waals surface area contributed by atoms with Crippen LogP contribution in [0, 0.1) is 5.82 Å². The summed E-state index contributed by atoms with van der Waals surface area (Å²) >= 11 is 0. The van der Waals surface area contributed by atoms with E-state index in [1.807, 2.05) is 4.90 Å². The molecule has 2 bridgehead atoms. The molecule has 2 aromatic heterocycles. The summed E-state index contributed by atoms with van der Waals surface area (Å²) in [6.07, 6.45) is -3.89. The van der Waals surface area contributed by atoms with Gasteiger partial charge in [0.1, 0.15) is 17.3 Å². The third-order valence-corrected chi connectivity index (χ3v) is 5.06. The highest BCUT2D eigenvalue weighted by Gasteiger charge is 2.40. The van der Waals surface area contributed by atoms with Crippen molar-refractivity contribution in [1.82, 2.24) is 15.3 Å². The first-order chi connectivity index (χ1) is 14.7. The molecule has 31 heavy (non-hydrogen) atoms. The van der Waals surface area contributed by atoms with Crippen LogP contribution >= 0.6 is 0 Å². The number of hydrogen-bond donors (Lipinski definition) is 2. The van der Waals surface area contributed by atoms with Crippen LogP contribution in [0.3, 0.4) is 0 Å². The Hall–Kier alpha value is -3.44. The number of halogens is 4. The van der Waals surface area contributed by atoms with Crippen LogP contribution in [0.4, 0.5) is 39.7 Å². The maximum Gasteiger partial charge on any atom is 0.390 e. The van der Waals surface area contributed by atoms with Crippen LogP contribution < -0.4 is 20.4 Å². The highest BCUT2D eigenvalue weighted by Crippen LogP contribution is 2.39. The Morgan fingerprint density at radius 3 is 2.71 bits per heavy atom. The number of pyridine rings is 2. The number of nitrogens with one attached hydrogen (secondary N) is 2. The van der Waals surface area contributed by atoms with Gasteiger partial charge >= 0.3 is 12.2 Å². The van der Waals surface area contributed by atoms with Crippen molar-refractivity contribution in [2.75, 3.05) is 34.8 Å². The van der Waals surface area contributed by atoms with E-state index in [1.54, 1.807) is 6.07 Å². The minimum atomic E-state index is -4.38. The Morgan fingerprint density at radius 2 is 2.00 bits per heavy atom. The Bertz CT molecular complexity index is 998. The maximum absolute atomic E-state index is 13.1. The van der Waals surface area contributed by atoms with Gasteiger partial charge in [0.25, 0.3) is 5.91 Å². The van der Waals surface area contributed by atoms with Crippen molar-refractivity contribution in [3.05, 3.63) is 42.0 Å². The molecule has 3 amide bonds. The van der Waals surface area contributed by atoms with E-state index >= 15 is 0 Å². The lowest BCUT2D eigenvalue weighted by Crippen LogP contribution is -2.48. The zero-order chi connectivity index (χ0) is 22.2. The first-order valence-corrected chi connectivity index (χ1v) is 9.54. The van der Waals surface area contributed by atoms with E-state index in [0.29, 0.717) is 25.2 Å². The molecule has 12 heteroatoms. The van der Waals surface area contributed by atoms with E-state index in [1.165, 1.54) is 17.0 Å². The number of rotatable bonds is 4. The summed E-state index contributed by atoms with van der Waals surface area (Å²) in [4.78, 5) is 36.8. The SMILES string of the molecule is O=C(NCCC(F)(F)F)c1ccc2c(n1)N(C(=O)Nc1ccc(F)cn1)[C@H]1CCN2C1. The van der Waals surface area contributed by atoms with Gasteiger partial charge in [-0.25, -0.2) is 19.2 Å². The average Bonchev–Trinajstić information content (AvgIpc) is 3.12. The van der Waals surface area contributed by atoms with Crippen LogP contribution in [-0.2, 0) is 0 Å². The minimum Gasteiger partial charge on any atom is -0.366 e. The van der Waals surface area contributed by atoms with E-state index in [4.69, 9.17) is 0 Å². The van der Waals surface area contributed by atoms with Crippen molar-refractivity contribution in [1.29, 1.82) is 0 Å². The number of nitrogens with zero attached hydrogens (tertiary/aromatic N) is 4. The van der Waals surface area contributed by atoms with Gasteiger partial charge in [-0.1, -0.05) is 0 Å². The van der Waals surface area contributed by atoms with E-state index < -0.39 is 36.9 Å². The molecule has 2 aliphatic rings. The van der Waals surface area contributed by atoms with E-state index in [-0.39, 0.29) is 23.4 Å². The van der Waals surface area contributed by atoms with Gasteiger partial charge in [0.15, 0.2) is 5.82 Å². The molecule has 4 heterocycles. The van der Waals surface area contributed by atoms with Gasteiger partial charge in [0.05, 0.1) is 24.3 Å². The first kappa shape index (κ1) is 20.8. The smallest absolute Gasteiger partial charge is 0.366 e. The zero-order valence-corrected chi connectivity index (χ0v) is 16.1. The van der Waals surface area contributed by atoms with Crippen LogP contribution in [0.2, 0.25) is 0 Å². The number of carbonyl (C=O) groups excluding carboxylic acids is 2. The van der Waals surface area contributed by atoms with Gasteiger partial charge in [-0.15, -0.1) is 0 Å². The summed E-state index contributed by atoms with van der Waals surface area (Å²) in [6, 6.07) is 4.76. The molecule has 0 spiro atoms. The second kappa shape index (κ2) is 8.00. The Balaban J connectivity index is 1.56. The summed E-state index contributed by atoms with van der Waals surface area (Å²) in [5.41, 5.74) is 0.545. The number of alkyl halides is 3. The molecule has 4 rings (SSSR count). The standard InChI is InChI=1S/C19H18F4N6O2/c20-11-1-4-15(25-9-11)27-18(31)29-12-5-8-28(10-12)14-3-2-13(26-16(14)29)17(30)24-7-6-19(21,22)23/h1-4,9,12H,5-8,10H2,(H,24,30)(H,25,27,31)/t12-/m0/s1. The molecule has 0 radical (unpaired) electrons. The zero-order valence-electron chi connectivity index (χ0n) is 16.1. The quantitative estimate of drug-likeness (QED) is 0.717. The summed E-state index contributed by atoms with van der Waals surface area (Å²) in [5.74, 6) is -0.928. The van der Waals surface area contributed by atoms with Crippen LogP contribution in [0.5, 0.6) is 0 Å². The number of hydrogen-bond acceptors (Lipinski definition) is 5. The number of amides is 3. The molecule has 1 fully saturated rings. The van der Waals surface area contributed by atoms with Gasteiger partial charge in [0, 0.05) is 19.6 Å². The van der Waals surface area contributed by atoms with Crippen molar-refractivity contribution < 1.29 is 27.2 Å².